The van der Waals surface area contributed by atoms with Crippen molar-refractivity contribution < 1.29 is 5.11 Å². The number of alkyl halides is 1. The Balaban J connectivity index is 0.000000371. The Hall–Kier alpha value is 0.690. The first-order valence-corrected chi connectivity index (χ1v) is 6.00. The second-order valence-electron chi connectivity index (χ2n) is 2.93. The van der Waals surface area contributed by atoms with E-state index in [2.05, 4.69) is 29.5 Å². The molecule has 0 aliphatic heterocycles. The summed E-state index contributed by atoms with van der Waals surface area (Å²) in [6.45, 7) is 2.21. The van der Waals surface area contributed by atoms with Gasteiger partial charge in [-0.15, -0.1) is 0 Å². The van der Waals surface area contributed by atoms with Crippen LogP contribution in [0.3, 0.4) is 0 Å². The Bertz CT molecular complexity index is 67.7. The quantitative estimate of drug-likeness (QED) is 0.521. The molecule has 2 atom stereocenters. The summed E-state index contributed by atoms with van der Waals surface area (Å²) in [6.07, 6.45) is 4.61. The van der Waals surface area contributed by atoms with Crippen molar-refractivity contribution in [1.82, 2.24) is 0 Å². The molecule has 1 fully saturated rings. The van der Waals surface area contributed by atoms with Gasteiger partial charge in [0.25, 0.3) is 0 Å². The van der Waals surface area contributed by atoms with Crippen molar-refractivity contribution in [3.8, 4) is 0 Å². The molecule has 0 spiro atoms. The lowest BCUT2D eigenvalue weighted by molar-refractivity contribution is 0.106. The highest BCUT2D eigenvalue weighted by atomic mass is 127. The lowest BCUT2D eigenvalue weighted by Crippen LogP contribution is -2.16. The van der Waals surface area contributed by atoms with E-state index in [0.29, 0.717) is 0 Å². The maximum absolute atomic E-state index is 9.08. The highest BCUT2D eigenvalue weighted by Gasteiger charge is 2.15. The smallest absolute Gasteiger partial charge is 0.0542 e. The van der Waals surface area contributed by atoms with Crippen LogP contribution in [0.4, 0.5) is 0 Å². The SMILES string of the molecule is CC1CCCC(O)C1.CI. The van der Waals surface area contributed by atoms with Crippen LogP contribution in [0.15, 0.2) is 0 Å². The molecule has 1 rings (SSSR count). The first kappa shape index (κ1) is 10.7. The van der Waals surface area contributed by atoms with Gasteiger partial charge in [-0.05, 0) is 23.7 Å². The fraction of sp³-hybridized carbons (Fsp3) is 1.00. The molecule has 0 aromatic carbocycles. The van der Waals surface area contributed by atoms with Gasteiger partial charge >= 0.3 is 0 Å². The van der Waals surface area contributed by atoms with Crippen LogP contribution in [0, 0.1) is 5.92 Å². The highest BCUT2D eigenvalue weighted by molar-refractivity contribution is 14.1. The van der Waals surface area contributed by atoms with Crippen molar-refractivity contribution >= 4 is 22.6 Å². The van der Waals surface area contributed by atoms with Crippen LogP contribution in [-0.4, -0.2) is 16.1 Å². The average Bonchev–Trinajstić information content (AvgIpc) is 1.91. The van der Waals surface area contributed by atoms with E-state index in [1.165, 1.54) is 12.8 Å². The number of aliphatic hydroxyl groups is 1. The third-order valence-electron chi connectivity index (χ3n) is 1.91. The van der Waals surface area contributed by atoms with Crippen LogP contribution in [0.25, 0.3) is 0 Å². The van der Waals surface area contributed by atoms with E-state index in [1.807, 2.05) is 4.93 Å². The van der Waals surface area contributed by atoms with Gasteiger partial charge < -0.3 is 5.11 Å². The molecule has 0 aromatic rings. The maximum Gasteiger partial charge on any atom is 0.0542 e. The third kappa shape index (κ3) is 4.50. The van der Waals surface area contributed by atoms with Gasteiger partial charge in [0.05, 0.1) is 6.10 Å². The van der Waals surface area contributed by atoms with Crippen LogP contribution >= 0.6 is 22.6 Å². The molecule has 2 unspecified atom stereocenters. The number of aliphatic hydroxyl groups excluding tert-OH is 1. The molecule has 1 aliphatic rings. The van der Waals surface area contributed by atoms with Crippen molar-refractivity contribution in [2.45, 2.75) is 38.7 Å². The Morgan fingerprint density at radius 3 is 2.20 bits per heavy atom. The van der Waals surface area contributed by atoms with Crippen molar-refractivity contribution in [2.75, 3.05) is 4.93 Å². The zero-order valence-corrected chi connectivity index (χ0v) is 8.97. The molecule has 0 bridgehead atoms. The van der Waals surface area contributed by atoms with Gasteiger partial charge in [-0.1, -0.05) is 42.4 Å². The van der Waals surface area contributed by atoms with E-state index >= 15 is 0 Å². The second-order valence-corrected chi connectivity index (χ2v) is 2.93. The second kappa shape index (κ2) is 6.40. The summed E-state index contributed by atoms with van der Waals surface area (Å²) in [5.41, 5.74) is 0. The Kier molecular flexibility index (Phi) is 6.85. The molecule has 0 heterocycles. The van der Waals surface area contributed by atoms with E-state index in [1.54, 1.807) is 0 Å². The van der Waals surface area contributed by atoms with E-state index in [9.17, 15) is 0 Å². The van der Waals surface area contributed by atoms with Gasteiger partial charge in [-0.2, -0.15) is 0 Å². The molecule has 62 valence electrons. The molecule has 0 amide bonds. The molecule has 0 saturated heterocycles. The monoisotopic (exact) mass is 256 g/mol. The number of hydrogen-bond donors (Lipinski definition) is 1. The number of rotatable bonds is 0. The average molecular weight is 256 g/mol. The van der Waals surface area contributed by atoms with E-state index in [0.717, 1.165) is 18.8 Å². The van der Waals surface area contributed by atoms with Gasteiger partial charge in [0.1, 0.15) is 0 Å². The lowest BCUT2D eigenvalue weighted by Gasteiger charge is -2.21. The van der Waals surface area contributed by atoms with E-state index in [4.69, 9.17) is 5.11 Å². The summed E-state index contributed by atoms with van der Waals surface area (Å²) >= 11 is 2.15. The van der Waals surface area contributed by atoms with Crippen LogP contribution in [0.5, 0.6) is 0 Å². The number of halogens is 1. The molecule has 1 nitrogen and oxygen atoms in total. The van der Waals surface area contributed by atoms with Crippen molar-refractivity contribution in [2.24, 2.45) is 5.92 Å². The summed E-state index contributed by atoms with van der Waals surface area (Å²) in [5, 5.41) is 9.08. The first-order chi connectivity index (χ1) is 4.79. The molecule has 2 heteroatoms. The van der Waals surface area contributed by atoms with E-state index < -0.39 is 0 Å². The topological polar surface area (TPSA) is 20.2 Å². The largest absolute Gasteiger partial charge is 0.393 e. The van der Waals surface area contributed by atoms with Gasteiger partial charge in [0.15, 0.2) is 0 Å². The molecule has 1 N–H and O–H groups in total. The zero-order chi connectivity index (χ0) is 7.98. The predicted octanol–water partition coefficient (Wildman–Crippen LogP) is 2.61. The minimum atomic E-state index is 0.0127. The summed E-state index contributed by atoms with van der Waals surface area (Å²) < 4.78 is 0. The summed E-state index contributed by atoms with van der Waals surface area (Å²) in [4.78, 5) is 1.97. The molecule has 0 aromatic heterocycles. The van der Waals surface area contributed by atoms with E-state index in [-0.39, 0.29) is 6.10 Å². The van der Waals surface area contributed by atoms with Crippen molar-refractivity contribution in [1.29, 1.82) is 0 Å². The molecular formula is C8H17IO. The van der Waals surface area contributed by atoms with Crippen LogP contribution in [0.1, 0.15) is 32.6 Å². The predicted molar refractivity (Wildman–Crippen MR) is 53.6 cm³/mol. The summed E-state index contributed by atoms with van der Waals surface area (Å²) in [6, 6.07) is 0. The van der Waals surface area contributed by atoms with Gasteiger partial charge in [0.2, 0.25) is 0 Å². The maximum atomic E-state index is 9.08. The minimum Gasteiger partial charge on any atom is -0.393 e. The molecule has 10 heavy (non-hydrogen) atoms. The first-order valence-electron chi connectivity index (χ1n) is 3.85. The van der Waals surface area contributed by atoms with Crippen LogP contribution in [0.2, 0.25) is 0 Å². The van der Waals surface area contributed by atoms with Crippen LogP contribution in [-0.2, 0) is 0 Å². The van der Waals surface area contributed by atoms with Gasteiger partial charge in [-0.3, -0.25) is 0 Å². The summed E-state index contributed by atoms with van der Waals surface area (Å²) in [5.74, 6) is 0.763. The Labute approximate surface area is 77.3 Å². The fourth-order valence-electron chi connectivity index (χ4n) is 1.40. The van der Waals surface area contributed by atoms with Crippen molar-refractivity contribution in [3.63, 3.8) is 0 Å². The van der Waals surface area contributed by atoms with Crippen LogP contribution < -0.4 is 0 Å². The Morgan fingerprint density at radius 1 is 1.30 bits per heavy atom. The molecular weight excluding hydrogens is 239 g/mol. The Morgan fingerprint density at radius 2 is 1.90 bits per heavy atom. The lowest BCUT2D eigenvalue weighted by atomic mass is 9.89. The standard InChI is InChI=1S/C7H14O.CH3I/c1-6-3-2-4-7(8)5-6;1-2/h6-8H,2-5H2,1H3;1H3. The minimum absolute atomic E-state index is 0.0127. The van der Waals surface area contributed by atoms with Crippen molar-refractivity contribution in [3.05, 3.63) is 0 Å². The third-order valence-corrected chi connectivity index (χ3v) is 1.91. The van der Waals surface area contributed by atoms with Gasteiger partial charge in [0, 0.05) is 0 Å². The zero-order valence-electron chi connectivity index (χ0n) is 6.81. The fourth-order valence-corrected chi connectivity index (χ4v) is 1.40. The molecule has 0 radical (unpaired) electrons. The highest BCUT2D eigenvalue weighted by Crippen LogP contribution is 2.22. The molecule has 1 aliphatic carbocycles. The molecule has 1 saturated carbocycles. The van der Waals surface area contributed by atoms with Gasteiger partial charge in [-0.25, -0.2) is 0 Å². The summed E-state index contributed by atoms with van der Waals surface area (Å²) in [7, 11) is 0. The normalized spacial score (nSPS) is 32.4. The number of hydrogen-bond acceptors (Lipinski definition) is 1.